The Morgan fingerprint density at radius 2 is 1.94 bits per heavy atom. The van der Waals surface area contributed by atoms with E-state index < -0.39 is 6.09 Å². The minimum atomic E-state index is -0.404. The first kappa shape index (κ1) is 13.0. The van der Waals surface area contributed by atoms with Gasteiger partial charge in [0.1, 0.15) is 5.00 Å². The topological polar surface area (TPSA) is 38.3 Å². The molecule has 0 bridgehead atoms. The minimum absolute atomic E-state index is 0.399. The second kappa shape index (κ2) is 5.34. The maximum atomic E-state index is 11.2. The second-order valence-corrected chi connectivity index (χ2v) is 5.24. The van der Waals surface area contributed by atoms with Gasteiger partial charge in [0.05, 0.1) is 7.11 Å². The molecule has 0 saturated carbocycles. The number of methoxy groups -OCH3 is 1. The smallest absolute Gasteiger partial charge is 0.411 e. The van der Waals surface area contributed by atoms with Gasteiger partial charge >= 0.3 is 6.09 Å². The van der Waals surface area contributed by atoms with Gasteiger partial charge in [-0.15, -0.1) is 11.3 Å². The summed E-state index contributed by atoms with van der Waals surface area (Å²) in [6.07, 6.45) is -0.404. The predicted molar refractivity (Wildman–Crippen MR) is 68.5 cm³/mol. The lowest BCUT2D eigenvalue weighted by atomic mass is 9.94. The fraction of sp³-hybridized carbons (Fsp3) is 0.583. The zero-order valence-electron chi connectivity index (χ0n) is 10.5. The number of thiophene rings is 1. The van der Waals surface area contributed by atoms with Crippen molar-refractivity contribution >= 4 is 22.4 Å². The number of ether oxygens (including phenoxy) is 1. The van der Waals surface area contributed by atoms with Crippen LogP contribution in [0.25, 0.3) is 0 Å². The van der Waals surface area contributed by atoms with Crippen molar-refractivity contribution < 1.29 is 9.53 Å². The van der Waals surface area contributed by atoms with Crippen LogP contribution in [0.15, 0.2) is 5.38 Å². The SMILES string of the molecule is COC(=O)Nc1scc(C(C)C)c1C(C)C. The van der Waals surface area contributed by atoms with E-state index in [-0.39, 0.29) is 0 Å². The normalized spacial score (nSPS) is 10.9. The lowest BCUT2D eigenvalue weighted by molar-refractivity contribution is 0.187. The molecule has 0 aliphatic heterocycles. The average Bonchev–Trinajstić information content (AvgIpc) is 2.61. The summed E-state index contributed by atoms with van der Waals surface area (Å²) >= 11 is 1.56. The van der Waals surface area contributed by atoms with Crippen LogP contribution < -0.4 is 5.32 Å². The van der Waals surface area contributed by atoms with Crippen LogP contribution in [0.1, 0.15) is 50.7 Å². The number of carbonyl (C=O) groups is 1. The van der Waals surface area contributed by atoms with Crippen molar-refractivity contribution in [3.05, 3.63) is 16.5 Å². The summed E-state index contributed by atoms with van der Waals surface area (Å²) in [6.45, 7) is 8.60. The number of anilines is 1. The van der Waals surface area contributed by atoms with Gasteiger partial charge in [-0.25, -0.2) is 4.79 Å². The van der Waals surface area contributed by atoms with E-state index in [1.54, 1.807) is 11.3 Å². The molecular weight excluding hydrogens is 222 g/mol. The number of nitrogens with one attached hydrogen (secondary N) is 1. The molecule has 90 valence electrons. The third-order valence-corrected chi connectivity index (χ3v) is 3.39. The highest BCUT2D eigenvalue weighted by atomic mass is 32.1. The van der Waals surface area contributed by atoms with Gasteiger partial charge in [-0.2, -0.15) is 0 Å². The standard InChI is InChI=1S/C12H19NO2S/c1-7(2)9-6-16-11(10(9)8(3)4)13-12(14)15-5/h6-8H,1-5H3,(H,13,14). The molecule has 1 aromatic rings. The molecule has 1 N–H and O–H groups in total. The number of rotatable bonds is 3. The van der Waals surface area contributed by atoms with Crippen molar-refractivity contribution in [1.82, 2.24) is 0 Å². The molecule has 0 spiro atoms. The third kappa shape index (κ3) is 2.76. The lowest BCUT2D eigenvalue weighted by Crippen LogP contribution is -2.11. The quantitative estimate of drug-likeness (QED) is 0.862. The van der Waals surface area contributed by atoms with Crippen LogP contribution in [0.2, 0.25) is 0 Å². The van der Waals surface area contributed by atoms with Gasteiger partial charge in [0, 0.05) is 0 Å². The van der Waals surface area contributed by atoms with Crippen molar-refractivity contribution in [2.24, 2.45) is 0 Å². The lowest BCUT2D eigenvalue weighted by Gasteiger charge is -2.13. The molecule has 0 saturated heterocycles. The monoisotopic (exact) mass is 241 g/mol. The molecule has 0 atom stereocenters. The maximum absolute atomic E-state index is 11.2. The Bertz CT molecular complexity index is 369. The minimum Gasteiger partial charge on any atom is -0.453 e. The van der Waals surface area contributed by atoms with Crippen molar-refractivity contribution in [2.75, 3.05) is 12.4 Å². The first-order valence-corrected chi connectivity index (χ1v) is 6.31. The first-order valence-electron chi connectivity index (χ1n) is 5.43. The average molecular weight is 241 g/mol. The Morgan fingerprint density at radius 1 is 1.31 bits per heavy atom. The molecule has 0 aromatic carbocycles. The van der Waals surface area contributed by atoms with Gasteiger partial charge in [-0.1, -0.05) is 27.7 Å². The zero-order valence-corrected chi connectivity index (χ0v) is 11.3. The van der Waals surface area contributed by atoms with Crippen molar-refractivity contribution in [1.29, 1.82) is 0 Å². The molecule has 1 heterocycles. The zero-order chi connectivity index (χ0) is 12.3. The molecule has 0 fully saturated rings. The number of amides is 1. The molecule has 0 aliphatic rings. The molecular formula is C12H19NO2S. The van der Waals surface area contributed by atoms with Crippen molar-refractivity contribution in [3.8, 4) is 0 Å². The summed E-state index contributed by atoms with van der Waals surface area (Å²) in [5.41, 5.74) is 2.54. The van der Waals surface area contributed by atoms with E-state index in [1.807, 2.05) is 0 Å². The summed E-state index contributed by atoms with van der Waals surface area (Å²) in [4.78, 5) is 11.2. The predicted octanol–water partition coefficient (Wildman–Crippen LogP) is 4.17. The molecule has 1 rings (SSSR count). The van der Waals surface area contributed by atoms with Gasteiger partial charge in [0.25, 0.3) is 0 Å². The van der Waals surface area contributed by atoms with Crippen LogP contribution in [0.4, 0.5) is 9.80 Å². The number of hydrogen-bond donors (Lipinski definition) is 1. The largest absolute Gasteiger partial charge is 0.453 e. The van der Waals surface area contributed by atoms with Gasteiger partial charge in [0.15, 0.2) is 0 Å². The van der Waals surface area contributed by atoms with Gasteiger partial charge < -0.3 is 4.74 Å². The summed E-state index contributed by atoms with van der Waals surface area (Å²) in [5, 5.41) is 5.80. The van der Waals surface area contributed by atoms with E-state index in [4.69, 9.17) is 0 Å². The van der Waals surface area contributed by atoms with E-state index in [0.717, 1.165) is 5.00 Å². The number of hydrogen-bond acceptors (Lipinski definition) is 3. The van der Waals surface area contributed by atoms with Crippen LogP contribution >= 0.6 is 11.3 Å². The Morgan fingerprint density at radius 3 is 2.38 bits per heavy atom. The summed E-state index contributed by atoms with van der Waals surface area (Å²) < 4.78 is 4.62. The van der Waals surface area contributed by atoms with Crippen LogP contribution in [0, 0.1) is 0 Å². The Balaban J connectivity index is 3.05. The van der Waals surface area contributed by atoms with E-state index in [0.29, 0.717) is 11.8 Å². The highest BCUT2D eigenvalue weighted by Crippen LogP contribution is 2.37. The first-order chi connectivity index (χ1) is 7.47. The van der Waals surface area contributed by atoms with Crippen LogP contribution in [0.5, 0.6) is 0 Å². The fourth-order valence-electron chi connectivity index (χ4n) is 1.66. The van der Waals surface area contributed by atoms with E-state index in [1.165, 1.54) is 18.2 Å². The molecule has 3 nitrogen and oxygen atoms in total. The summed E-state index contributed by atoms with van der Waals surface area (Å²) in [7, 11) is 1.38. The molecule has 1 amide bonds. The Hall–Kier alpha value is -1.03. The van der Waals surface area contributed by atoms with Gasteiger partial charge in [0.2, 0.25) is 0 Å². The van der Waals surface area contributed by atoms with Crippen LogP contribution in [-0.4, -0.2) is 13.2 Å². The van der Waals surface area contributed by atoms with E-state index in [9.17, 15) is 4.79 Å². The molecule has 0 aliphatic carbocycles. The van der Waals surface area contributed by atoms with E-state index in [2.05, 4.69) is 43.1 Å². The van der Waals surface area contributed by atoms with Crippen molar-refractivity contribution in [2.45, 2.75) is 39.5 Å². The molecule has 4 heteroatoms. The number of carbonyl (C=O) groups excluding carboxylic acids is 1. The van der Waals surface area contributed by atoms with Crippen LogP contribution in [-0.2, 0) is 4.74 Å². The summed E-state index contributed by atoms with van der Waals surface area (Å²) in [6, 6.07) is 0. The summed E-state index contributed by atoms with van der Waals surface area (Å²) in [5.74, 6) is 0.873. The molecule has 0 unspecified atom stereocenters. The third-order valence-electron chi connectivity index (χ3n) is 2.46. The second-order valence-electron chi connectivity index (χ2n) is 4.36. The highest BCUT2D eigenvalue weighted by molar-refractivity contribution is 7.14. The Kier molecular flexibility index (Phi) is 4.35. The molecule has 16 heavy (non-hydrogen) atoms. The van der Waals surface area contributed by atoms with E-state index >= 15 is 0 Å². The maximum Gasteiger partial charge on any atom is 0.411 e. The van der Waals surface area contributed by atoms with Gasteiger partial charge in [-0.3, -0.25) is 5.32 Å². The molecule has 1 aromatic heterocycles. The highest BCUT2D eigenvalue weighted by Gasteiger charge is 2.18. The van der Waals surface area contributed by atoms with Crippen LogP contribution in [0.3, 0.4) is 0 Å². The Labute approximate surface area is 101 Å². The van der Waals surface area contributed by atoms with Crippen molar-refractivity contribution in [3.63, 3.8) is 0 Å². The molecule has 0 radical (unpaired) electrons. The van der Waals surface area contributed by atoms with Gasteiger partial charge in [-0.05, 0) is 28.3 Å². The fourth-order valence-corrected chi connectivity index (χ4v) is 2.93.